The third kappa shape index (κ3) is 3.39. The molecule has 2 aromatic rings. The summed E-state index contributed by atoms with van der Waals surface area (Å²) in [4.78, 5) is 12.4. The van der Waals surface area contributed by atoms with Crippen LogP contribution in [-0.4, -0.2) is 22.2 Å². The molecule has 0 atom stereocenters. The van der Waals surface area contributed by atoms with Gasteiger partial charge in [0.15, 0.2) is 0 Å². The lowest BCUT2D eigenvalue weighted by Crippen LogP contribution is -2.14. The summed E-state index contributed by atoms with van der Waals surface area (Å²) in [6, 6.07) is 7.29. The zero-order valence-corrected chi connectivity index (χ0v) is 12.8. The van der Waals surface area contributed by atoms with E-state index in [1.165, 1.54) is 11.3 Å². The van der Waals surface area contributed by atoms with Crippen LogP contribution < -0.4 is 10.1 Å². The normalized spacial score (nSPS) is 14.2. The van der Waals surface area contributed by atoms with Gasteiger partial charge in [0.2, 0.25) is 5.13 Å². The molecule has 0 unspecified atom stereocenters. The minimum atomic E-state index is -0.210. The van der Waals surface area contributed by atoms with Gasteiger partial charge in [-0.05, 0) is 25.0 Å². The highest BCUT2D eigenvalue weighted by Crippen LogP contribution is 2.30. The van der Waals surface area contributed by atoms with Gasteiger partial charge in [-0.2, -0.15) is 0 Å². The Morgan fingerprint density at radius 2 is 2.10 bits per heavy atom. The number of para-hydroxylation sites is 1. The SMILES string of the molecule is CC(C)c1nnc(NC(=O)c2ccccc2OC2CC2)s1. The summed E-state index contributed by atoms with van der Waals surface area (Å²) in [5.41, 5.74) is 0.533. The van der Waals surface area contributed by atoms with Crippen molar-refractivity contribution in [3.8, 4) is 5.75 Å². The minimum Gasteiger partial charge on any atom is -0.490 e. The summed E-state index contributed by atoms with van der Waals surface area (Å²) in [5, 5.41) is 12.3. The third-order valence-electron chi connectivity index (χ3n) is 3.10. The van der Waals surface area contributed by atoms with Crippen LogP contribution >= 0.6 is 11.3 Å². The van der Waals surface area contributed by atoms with Gasteiger partial charge in [-0.1, -0.05) is 37.3 Å². The molecule has 5 nitrogen and oxygen atoms in total. The predicted octanol–water partition coefficient (Wildman–Crippen LogP) is 3.46. The molecule has 3 rings (SSSR count). The number of hydrogen-bond donors (Lipinski definition) is 1. The number of anilines is 1. The van der Waals surface area contributed by atoms with Crippen LogP contribution in [0.5, 0.6) is 5.75 Å². The Morgan fingerprint density at radius 3 is 2.76 bits per heavy atom. The van der Waals surface area contributed by atoms with E-state index in [9.17, 15) is 4.79 Å². The molecule has 1 fully saturated rings. The molecule has 1 amide bonds. The summed E-state index contributed by atoms with van der Waals surface area (Å²) >= 11 is 1.40. The smallest absolute Gasteiger partial charge is 0.261 e. The van der Waals surface area contributed by atoms with Gasteiger partial charge >= 0.3 is 0 Å². The topological polar surface area (TPSA) is 64.1 Å². The van der Waals surface area contributed by atoms with Crippen LogP contribution in [0.3, 0.4) is 0 Å². The number of amides is 1. The molecule has 0 spiro atoms. The Bertz CT molecular complexity index is 650. The largest absolute Gasteiger partial charge is 0.490 e. The van der Waals surface area contributed by atoms with Crippen LogP contribution in [0.4, 0.5) is 5.13 Å². The summed E-state index contributed by atoms with van der Waals surface area (Å²) in [6.45, 7) is 4.09. The van der Waals surface area contributed by atoms with E-state index in [2.05, 4.69) is 15.5 Å². The molecule has 0 radical (unpaired) electrons. The summed E-state index contributed by atoms with van der Waals surface area (Å²) in [7, 11) is 0. The lowest BCUT2D eigenvalue weighted by atomic mass is 10.2. The molecule has 1 aliphatic carbocycles. The number of carbonyl (C=O) groups is 1. The van der Waals surface area contributed by atoms with Crippen LogP contribution in [0.15, 0.2) is 24.3 Å². The van der Waals surface area contributed by atoms with Gasteiger partial charge in [-0.3, -0.25) is 10.1 Å². The Morgan fingerprint density at radius 1 is 1.33 bits per heavy atom. The van der Waals surface area contributed by atoms with Crippen molar-refractivity contribution < 1.29 is 9.53 Å². The van der Waals surface area contributed by atoms with E-state index in [1.807, 2.05) is 32.0 Å². The maximum atomic E-state index is 12.4. The van der Waals surface area contributed by atoms with Crippen molar-refractivity contribution in [2.75, 3.05) is 5.32 Å². The maximum Gasteiger partial charge on any atom is 0.261 e. The molecule has 1 aliphatic rings. The average Bonchev–Trinajstić information content (AvgIpc) is 3.15. The fourth-order valence-electron chi connectivity index (χ4n) is 1.81. The van der Waals surface area contributed by atoms with E-state index in [-0.39, 0.29) is 12.0 Å². The first kappa shape index (κ1) is 14.0. The van der Waals surface area contributed by atoms with E-state index in [4.69, 9.17) is 4.74 Å². The number of carbonyl (C=O) groups excluding carboxylic acids is 1. The monoisotopic (exact) mass is 303 g/mol. The van der Waals surface area contributed by atoms with Crippen LogP contribution in [0.25, 0.3) is 0 Å². The zero-order chi connectivity index (χ0) is 14.8. The number of nitrogens with zero attached hydrogens (tertiary/aromatic N) is 2. The highest BCUT2D eigenvalue weighted by molar-refractivity contribution is 7.15. The number of nitrogens with one attached hydrogen (secondary N) is 1. The molecule has 1 heterocycles. The van der Waals surface area contributed by atoms with Gasteiger partial charge < -0.3 is 4.74 Å². The summed E-state index contributed by atoms with van der Waals surface area (Å²) < 4.78 is 5.77. The molecule has 21 heavy (non-hydrogen) atoms. The van der Waals surface area contributed by atoms with E-state index in [0.717, 1.165) is 17.8 Å². The van der Waals surface area contributed by atoms with Crippen molar-refractivity contribution in [1.29, 1.82) is 0 Å². The van der Waals surface area contributed by atoms with Gasteiger partial charge in [0.25, 0.3) is 5.91 Å². The van der Waals surface area contributed by atoms with Crippen molar-refractivity contribution in [3.05, 3.63) is 34.8 Å². The third-order valence-corrected chi connectivity index (χ3v) is 4.24. The van der Waals surface area contributed by atoms with Crippen LogP contribution in [-0.2, 0) is 0 Å². The van der Waals surface area contributed by atoms with Crippen molar-refractivity contribution in [1.82, 2.24) is 10.2 Å². The Hall–Kier alpha value is -1.95. The minimum absolute atomic E-state index is 0.210. The number of aromatic nitrogens is 2. The van der Waals surface area contributed by atoms with Crippen LogP contribution in [0, 0.1) is 0 Å². The van der Waals surface area contributed by atoms with Gasteiger partial charge in [0.05, 0.1) is 11.7 Å². The number of rotatable bonds is 5. The molecule has 0 bridgehead atoms. The molecule has 0 aliphatic heterocycles. The molecule has 0 saturated heterocycles. The fourth-order valence-corrected chi connectivity index (χ4v) is 2.55. The Balaban J connectivity index is 1.74. The molecule has 1 saturated carbocycles. The first-order valence-corrected chi connectivity index (χ1v) is 7.85. The second-order valence-electron chi connectivity index (χ2n) is 5.37. The maximum absolute atomic E-state index is 12.4. The predicted molar refractivity (Wildman–Crippen MR) is 82.0 cm³/mol. The first-order valence-electron chi connectivity index (χ1n) is 7.04. The van der Waals surface area contributed by atoms with Crippen LogP contribution in [0.2, 0.25) is 0 Å². The average molecular weight is 303 g/mol. The second-order valence-corrected chi connectivity index (χ2v) is 6.38. The number of benzene rings is 1. The van der Waals surface area contributed by atoms with E-state index in [1.54, 1.807) is 6.07 Å². The quantitative estimate of drug-likeness (QED) is 0.918. The fraction of sp³-hybridized carbons (Fsp3) is 0.400. The van der Waals surface area contributed by atoms with E-state index >= 15 is 0 Å². The second kappa shape index (κ2) is 5.81. The highest BCUT2D eigenvalue weighted by atomic mass is 32.1. The van der Waals surface area contributed by atoms with E-state index < -0.39 is 0 Å². The molecule has 110 valence electrons. The van der Waals surface area contributed by atoms with E-state index in [0.29, 0.717) is 22.4 Å². The van der Waals surface area contributed by atoms with Gasteiger partial charge in [0.1, 0.15) is 10.8 Å². The number of hydrogen-bond acceptors (Lipinski definition) is 5. The van der Waals surface area contributed by atoms with Crippen molar-refractivity contribution in [3.63, 3.8) is 0 Å². The Kier molecular flexibility index (Phi) is 3.88. The molecule has 1 N–H and O–H groups in total. The van der Waals surface area contributed by atoms with Crippen molar-refractivity contribution in [2.45, 2.75) is 38.7 Å². The Labute approximate surface area is 127 Å². The van der Waals surface area contributed by atoms with Gasteiger partial charge in [-0.25, -0.2) is 0 Å². The van der Waals surface area contributed by atoms with Gasteiger partial charge in [-0.15, -0.1) is 10.2 Å². The summed E-state index contributed by atoms with van der Waals surface area (Å²) in [6.07, 6.45) is 2.38. The highest BCUT2D eigenvalue weighted by Gasteiger charge is 2.25. The zero-order valence-electron chi connectivity index (χ0n) is 12.0. The standard InChI is InChI=1S/C15H17N3O2S/c1-9(2)14-17-18-15(21-14)16-13(19)11-5-3-4-6-12(11)20-10-7-8-10/h3-6,9-10H,7-8H2,1-2H3,(H,16,18,19). The molecule has 1 aromatic carbocycles. The summed E-state index contributed by atoms with van der Waals surface area (Å²) in [5.74, 6) is 0.724. The molecular formula is C15H17N3O2S. The van der Waals surface area contributed by atoms with Crippen molar-refractivity contribution >= 4 is 22.4 Å². The molecule has 1 aromatic heterocycles. The number of ether oxygens (including phenoxy) is 1. The lowest BCUT2D eigenvalue weighted by Gasteiger charge is -2.09. The lowest BCUT2D eigenvalue weighted by molar-refractivity contribution is 0.102. The van der Waals surface area contributed by atoms with Crippen LogP contribution in [0.1, 0.15) is 48.0 Å². The van der Waals surface area contributed by atoms with Crippen molar-refractivity contribution in [2.24, 2.45) is 0 Å². The first-order chi connectivity index (χ1) is 10.1. The van der Waals surface area contributed by atoms with Gasteiger partial charge in [0, 0.05) is 5.92 Å². The molecule has 6 heteroatoms. The molecular weight excluding hydrogens is 286 g/mol.